The van der Waals surface area contributed by atoms with E-state index >= 15 is 0 Å². The van der Waals surface area contributed by atoms with Gasteiger partial charge >= 0.3 is 0 Å². The second kappa shape index (κ2) is 8.67. The first-order valence-corrected chi connectivity index (χ1v) is 6.82. The maximum Gasteiger partial charge on any atom is 0.220 e. The molecule has 1 amide bonds. The molecule has 1 aromatic carbocycles. The average molecular weight is 264 g/mol. The van der Waals surface area contributed by atoms with Crippen molar-refractivity contribution in [3.8, 4) is 0 Å². The van der Waals surface area contributed by atoms with Crippen molar-refractivity contribution >= 4 is 5.91 Å². The maximum absolute atomic E-state index is 11.8. The van der Waals surface area contributed by atoms with Gasteiger partial charge in [0.1, 0.15) is 0 Å². The van der Waals surface area contributed by atoms with Crippen LogP contribution in [-0.4, -0.2) is 24.2 Å². The fourth-order valence-electron chi connectivity index (χ4n) is 1.99. The fourth-order valence-corrected chi connectivity index (χ4v) is 1.99. The van der Waals surface area contributed by atoms with Crippen LogP contribution in [0.4, 0.5) is 0 Å². The van der Waals surface area contributed by atoms with Crippen LogP contribution in [0.5, 0.6) is 0 Å². The van der Waals surface area contributed by atoms with Crippen LogP contribution in [0.15, 0.2) is 30.3 Å². The van der Waals surface area contributed by atoms with Crippen LogP contribution in [0, 0.1) is 5.92 Å². The smallest absolute Gasteiger partial charge is 0.220 e. The molecule has 19 heavy (non-hydrogen) atoms. The van der Waals surface area contributed by atoms with Crippen LogP contribution in [0.2, 0.25) is 0 Å². The van der Waals surface area contributed by atoms with E-state index in [2.05, 4.69) is 12.2 Å². The Morgan fingerprint density at radius 1 is 1.32 bits per heavy atom. The third-order valence-corrected chi connectivity index (χ3v) is 3.24. The number of benzene rings is 1. The van der Waals surface area contributed by atoms with Crippen LogP contribution in [-0.2, 0) is 4.79 Å². The minimum Gasteiger partial charge on any atom is -0.394 e. The van der Waals surface area contributed by atoms with E-state index in [1.807, 2.05) is 30.3 Å². The number of rotatable bonds is 8. The van der Waals surface area contributed by atoms with Crippen molar-refractivity contribution in [2.45, 2.75) is 32.2 Å². The van der Waals surface area contributed by atoms with E-state index in [-0.39, 0.29) is 18.6 Å². The zero-order valence-corrected chi connectivity index (χ0v) is 11.5. The van der Waals surface area contributed by atoms with Gasteiger partial charge in [-0.05, 0) is 30.9 Å². The second-order valence-corrected chi connectivity index (χ2v) is 4.93. The lowest BCUT2D eigenvalue weighted by Crippen LogP contribution is -2.30. The van der Waals surface area contributed by atoms with Gasteiger partial charge in [-0.25, -0.2) is 0 Å². The molecule has 0 aromatic heterocycles. The van der Waals surface area contributed by atoms with E-state index in [1.165, 1.54) is 0 Å². The molecule has 0 saturated heterocycles. The molecule has 4 heteroatoms. The second-order valence-electron chi connectivity index (χ2n) is 4.93. The van der Waals surface area contributed by atoms with E-state index < -0.39 is 0 Å². The first-order chi connectivity index (χ1) is 9.17. The highest BCUT2D eigenvalue weighted by Gasteiger charge is 2.13. The Morgan fingerprint density at radius 2 is 2.00 bits per heavy atom. The zero-order valence-electron chi connectivity index (χ0n) is 11.5. The van der Waals surface area contributed by atoms with Crippen molar-refractivity contribution in [3.63, 3.8) is 0 Å². The molecule has 0 radical (unpaired) electrons. The summed E-state index contributed by atoms with van der Waals surface area (Å²) < 4.78 is 0. The third kappa shape index (κ3) is 5.85. The average Bonchev–Trinajstić information content (AvgIpc) is 2.44. The topological polar surface area (TPSA) is 75.4 Å². The van der Waals surface area contributed by atoms with Crippen LogP contribution >= 0.6 is 0 Å². The lowest BCUT2D eigenvalue weighted by molar-refractivity contribution is -0.122. The van der Waals surface area contributed by atoms with Crippen molar-refractivity contribution in [1.82, 2.24) is 5.32 Å². The summed E-state index contributed by atoms with van der Waals surface area (Å²) in [6.07, 6.45) is 2.25. The fraction of sp³-hybridized carbons (Fsp3) is 0.533. The van der Waals surface area contributed by atoms with E-state index in [0.29, 0.717) is 18.9 Å². The first-order valence-electron chi connectivity index (χ1n) is 6.82. The molecular weight excluding hydrogens is 240 g/mol. The van der Waals surface area contributed by atoms with Crippen molar-refractivity contribution in [2.24, 2.45) is 11.7 Å². The highest BCUT2D eigenvalue weighted by molar-refractivity contribution is 5.76. The Labute approximate surface area is 115 Å². The molecule has 0 saturated carbocycles. The summed E-state index contributed by atoms with van der Waals surface area (Å²) in [5.41, 5.74) is 6.40. The van der Waals surface area contributed by atoms with Crippen molar-refractivity contribution < 1.29 is 9.90 Å². The van der Waals surface area contributed by atoms with Crippen LogP contribution in [0.1, 0.15) is 37.8 Å². The van der Waals surface area contributed by atoms with Gasteiger partial charge in [0.15, 0.2) is 0 Å². The lowest BCUT2D eigenvalue weighted by Gasteiger charge is -2.17. The number of aliphatic hydroxyl groups excluding tert-OH is 1. The molecule has 0 bridgehead atoms. The SMILES string of the molecule is CC(CCN)CCC(=O)N[C@H](CO)c1ccccc1. The molecule has 1 unspecified atom stereocenters. The minimum atomic E-state index is -0.321. The standard InChI is InChI=1S/C15H24N2O2/c1-12(9-10-16)7-8-15(19)17-14(11-18)13-5-3-2-4-6-13/h2-6,12,14,18H,7-11,16H2,1H3,(H,17,19)/t12?,14-/m1/s1. The van der Waals surface area contributed by atoms with Gasteiger partial charge in [0.25, 0.3) is 0 Å². The van der Waals surface area contributed by atoms with Gasteiger partial charge in [-0.1, -0.05) is 37.3 Å². The van der Waals surface area contributed by atoms with E-state index in [0.717, 1.165) is 18.4 Å². The molecular formula is C15H24N2O2. The Kier molecular flexibility index (Phi) is 7.15. The molecule has 0 fully saturated rings. The molecule has 0 spiro atoms. The third-order valence-electron chi connectivity index (χ3n) is 3.24. The molecule has 1 aromatic rings. The monoisotopic (exact) mass is 264 g/mol. The van der Waals surface area contributed by atoms with Gasteiger partial charge in [0, 0.05) is 6.42 Å². The van der Waals surface area contributed by atoms with Gasteiger partial charge < -0.3 is 16.2 Å². The normalized spacial score (nSPS) is 13.8. The van der Waals surface area contributed by atoms with Crippen molar-refractivity contribution in [2.75, 3.05) is 13.2 Å². The molecule has 0 aliphatic rings. The summed E-state index contributed by atoms with van der Waals surface area (Å²) in [4.78, 5) is 11.8. The molecule has 4 nitrogen and oxygen atoms in total. The molecule has 0 aliphatic heterocycles. The van der Waals surface area contributed by atoms with Gasteiger partial charge in [-0.15, -0.1) is 0 Å². The van der Waals surface area contributed by atoms with Crippen LogP contribution in [0.3, 0.4) is 0 Å². The van der Waals surface area contributed by atoms with Crippen LogP contribution < -0.4 is 11.1 Å². The van der Waals surface area contributed by atoms with Gasteiger partial charge in [-0.3, -0.25) is 4.79 Å². The Morgan fingerprint density at radius 3 is 2.58 bits per heavy atom. The Hall–Kier alpha value is -1.39. The number of hydrogen-bond donors (Lipinski definition) is 3. The number of nitrogens with two attached hydrogens (primary N) is 1. The summed E-state index contributed by atoms with van der Waals surface area (Å²) in [6.45, 7) is 2.67. The molecule has 106 valence electrons. The van der Waals surface area contributed by atoms with E-state index in [9.17, 15) is 9.90 Å². The molecule has 1 rings (SSSR count). The molecule has 0 aliphatic carbocycles. The molecule has 0 heterocycles. The minimum absolute atomic E-state index is 0.0215. The van der Waals surface area contributed by atoms with E-state index in [1.54, 1.807) is 0 Å². The predicted octanol–water partition coefficient (Wildman–Crippen LogP) is 1.60. The highest BCUT2D eigenvalue weighted by Crippen LogP contribution is 2.13. The molecule has 2 atom stereocenters. The number of amides is 1. The number of carbonyl (C=O) groups is 1. The van der Waals surface area contributed by atoms with Crippen molar-refractivity contribution in [3.05, 3.63) is 35.9 Å². The lowest BCUT2D eigenvalue weighted by atomic mass is 10.0. The highest BCUT2D eigenvalue weighted by atomic mass is 16.3. The largest absolute Gasteiger partial charge is 0.394 e. The Bertz CT molecular complexity index is 368. The summed E-state index contributed by atoms with van der Waals surface area (Å²) in [5.74, 6) is 0.437. The zero-order chi connectivity index (χ0) is 14.1. The van der Waals surface area contributed by atoms with Crippen LogP contribution in [0.25, 0.3) is 0 Å². The molecule has 4 N–H and O–H groups in total. The number of hydrogen-bond acceptors (Lipinski definition) is 3. The summed E-state index contributed by atoms with van der Waals surface area (Å²) >= 11 is 0. The van der Waals surface area contributed by atoms with Gasteiger partial charge in [-0.2, -0.15) is 0 Å². The summed E-state index contributed by atoms with van der Waals surface area (Å²) in [5, 5.41) is 12.2. The van der Waals surface area contributed by atoms with Crippen molar-refractivity contribution in [1.29, 1.82) is 0 Å². The maximum atomic E-state index is 11.8. The summed E-state index contributed by atoms with van der Waals surface area (Å²) in [6, 6.07) is 9.18. The number of aliphatic hydroxyl groups is 1. The Balaban J connectivity index is 2.41. The van der Waals surface area contributed by atoms with E-state index in [4.69, 9.17) is 5.73 Å². The predicted molar refractivity (Wildman–Crippen MR) is 76.5 cm³/mol. The number of carbonyl (C=O) groups excluding carboxylic acids is 1. The summed E-state index contributed by atoms with van der Waals surface area (Å²) in [7, 11) is 0. The van der Waals surface area contributed by atoms with Gasteiger partial charge in [0.05, 0.1) is 12.6 Å². The number of nitrogens with one attached hydrogen (secondary N) is 1. The quantitative estimate of drug-likeness (QED) is 0.667. The first kappa shape index (κ1) is 15.7. The van der Waals surface area contributed by atoms with Gasteiger partial charge in [0.2, 0.25) is 5.91 Å².